The summed E-state index contributed by atoms with van der Waals surface area (Å²) in [6, 6.07) is 6.19. The lowest BCUT2D eigenvalue weighted by Gasteiger charge is -2.40. The molecular weight excluding hydrogens is 318 g/mol. The van der Waals surface area contributed by atoms with Crippen molar-refractivity contribution >= 4 is 17.5 Å². The summed E-state index contributed by atoms with van der Waals surface area (Å²) in [7, 11) is 0. The van der Waals surface area contributed by atoms with Gasteiger partial charge in [0.25, 0.3) is 0 Å². The number of rotatable bonds is 3. The van der Waals surface area contributed by atoms with E-state index in [1.807, 2.05) is 43.1 Å². The van der Waals surface area contributed by atoms with Gasteiger partial charge in [0, 0.05) is 37.9 Å². The smallest absolute Gasteiger partial charge is 0.228 e. The lowest BCUT2D eigenvalue weighted by atomic mass is 10.0. The zero-order valence-electron chi connectivity index (χ0n) is 14.4. The van der Waals surface area contributed by atoms with Crippen LogP contribution < -0.4 is 4.90 Å². The van der Waals surface area contributed by atoms with Gasteiger partial charge in [-0.15, -0.1) is 5.10 Å². The lowest BCUT2D eigenvalue weighted by molar-refractivity contribution is -0.141. The fourth-order valence-corrected chi connectivity index (χ4v) is 3.49. The average Bonchev–Trinajstić information content (AvgIpc) is 3.18. The monoisotopic (exact) mass is 339 g/mol. The fourth-order valence-electron chi connectivity index (χ4n) is 3.49. The normalized spacial score (nSPS) is 20.9. The van der Waals surface area contributed by atoms with E-state index in [2.05, 4.69) is 10.3 Å². The van der Waals surface area contributed by atoms with Crippen molar-refractivity contribution < 1.29 is 9.59 Å². The van der Waals surface area contributed by atoms with Crippen molar-refractivity contribution in [1.29, 1.82) is 0 Å². The Morgan fingerprint density at radius 2 is 1.96 bits per heavy atom. The molecule has 1 aromatic heterocycles. The molecule has 2 amide bonds. The molecule has 2 aliphatic heterocycles. The van der Waals surface area contributed by atoms with E-state index in [1.165, 1.54) is 5.56 Å². The Balaban J connectivity index is 1.40. The average molecular weight is 339 g/mol. The van der Waals surface area contributed by atoms with Gasteiger partial charge in [-0.1, -0.05) is 11.3 Å². The summed E-state index contributed by atoms with van der Waals surface area (Å²) in [6.07, 6.45) is 3.74. The quantitative estimate of drug-likeness (QED) is 0.846. The molecule has 3 heterocycles. The molecule has 2 saturated heterocycles. The molecule has 0 N–H and O–H groups in total. The molecule has 0 spiro atoms. The van der Waals surface area contributed by atoms with Crippen LogP contribution in [0.5, 0.6) is 0 Å². The minimum absolute atomic E-state index is 0.0231. The highest BCUT2D eigenvalue weighted by atomic mass is 16.2. The zero-order chi connectivity index (χ0) is 17.6. The fraction of sp³-hybridized carbons (Fsp3) is 0.444. The van der Waals surface area contributed by atoms with Crippen molar-refractivity contribution in [2.45, 2.75) is 26.3 Å². The Labute approximate surface area is 146 Å². The van der Waals surface area contributed by atoms with Gasteiger partial charge in [0.15, 0.2) is 0 Å². The minimum atomic E-state index is -0.259. The van der Waals surface area contributed by atoms with Crippen LogP contribution >= 0.6 is 0 Å². The van der Waals surface area contributed by atoms with Gasteiger partial charge in [0.2, 0.25) is 11.8 Å². The number of aromatic nitrogens is 3. The van der Waals surface area contributed by atoms with Gasteiger partial charge in [-0.25, -0.2) is 4.68 Å². The number of amides is 2. The Morgan fingerprint density at radius 3 is 2.64 bits per heavy atom. The molecule has 2 fully saturated rings. The van der Waals surface area contributed by atoms with Crippen LogP contribution in [-0.4, -0.2) is 51.3 Å². The number of hydrogen-bond donors (Lipinski definition) is 0. The van der Waals surface area contributed by atoms with Gasteiger partial charge in [0.05, 0.1) is 18.2 Å². The van der Waals surface area contributed by atoms with Crippen LogP contribution in [-0.2, 0) is 9.59 Å². The van der Waals surface area contributed by atoms with E-state index in [-0.39, 0.29) is 30.2 Å². The number of hydrogen-bond acceptors (Lipinski definition) is 4. The second-order valence-electron chi connectivity index (χ2n) is 6.95. The second kappa shape index (κ2) is 5.98. The molecule has 0 aliphatic carbocycles. The summed E-state index contributed by atoms with van der Waals surface area (Å²) in [6.45, 7) is 5.82. The van der Waals surface area contributed by atoms with E-state index in [1.54, 1.807) is 15.8 Å². The van der Waals surface area contributed by atoms with Crippen molar-refractivity contribution in [2.24, 2.45) is 5.92 Å². The summed E-state index contributed by atoms with van der Waals surface area (Å²) >= 11 is 0. The largest absolute Gasteiger partial charge is 0.338 e. The van der Waals surface area contributed by atoms with Gasteiger partial charge in [-0.2, -0.15) is 0 Å². The van der Waals surface area contributed by atoms with Crippen molar-refractivity contribution in [2.75, 3.05) is 24.5 Å². The number of benzene rings is 1. The molecule has 2 aliphatic rings. The van der Waals surface area contributed by atoms with E-state index in [0.29, 0.717) is 19.6 Å². The molecule has 1 aromatic carbocycles. The topological polar surface area (TPSA) is 71.3 Å². The highest BCUT2D eigenvalue weighted by Crippen LogP contribution is 2.30. The maximum absolute atomic E-state index is 12.7. The highest BCUT2D eigenvalue weighted by Gasteiger charge is 2.41. The Kier molecular flexibility index (Phi) is 3.78. The van der Waals surface area contributed by atoms with E-state index in [4.69, 9.17) is 0 Å². The third-order valence-corrected chi connectivity index (χ3v) is 5.27. The van der Waals surface area contributed by atoms with Crippen LogP contribution in [0.25, 0.3) is 0 Å². The summed E-state index contributed by atoms with van der Waals surface area (Å²) in [4.78, 5) is 28.6. The minimum Gasteiger partial charge on any atom is -0.338 e. The van der Waals surface area contributed by atoms with E-state index in [9.17, 15) is 9.59 Å². The summed E-state index contributed by atoms with van der Waals surface area (Å²) in [5.74, 6) is -0.170. The van der Waals surface area contributed by atoms with Gasteiger partial charge in [0.1, 0.15) is 0 Å². The lowest BCUT2D eigenvalue weighted by Crippen LogP contribution is -2.53. The van der Waals surface area contributed by atoms with Crippen LogP contribution in [0.1, 0.15) is 23.6 Å². The Hall–Kier alpha value is -2.70. The summed E-state index contributed by atoms with van der Waals surface area (Å²) < 4.78 is 1.78. The van der Waals surface area contributed by atoms with E-state index < -0.39 is 0 Å². The summed E-state index contributed by atoms with van der Waals surface area (Å²) in [5, 5.41) is 7.77. The SMILES string of the molecule is Cc1ccc(N2C[C@@H](C(=O)N3CC(n4ccnn4)C3)CC2=O)cc1C. The standard InChI is InChI=1S/C18H21N5O2/c1-12-3-4-15(7-13(12)2)22-9-14(8-17(22)24)18(25)21-10-16(11-21)23-6-5-19-20-23/h3-7,14,16H,8-11H2,1-2H3/t14-/m0/s1. The second-order valence-corrected chi connectivity index (χ2v) is 6.95. The first-order valence-electron chi connectivity index (χ1n) is 8.55. The molecule has 0 saturated carbocycles. The van der Waals surface area contributed by atoms with Crippen LogP contribution in [0, 0.1) is 19.8 Å². The van der Waals surface area contributed by atoms with Crippen LogP contribution in [0.3, 0.4) is 0 Å². The molecule has 7 nitrogen and oxygen atoms in total. The predicted molar refractivity (Wildman–Crippen MR) is 92.0 cm³/mol. The number of aryl methyl sites for hydroxylation is 2. The third-order valence-electron chi connectivity index (χ3n) is 5.27. The Morgan fingerprint density at radius 1 is 1.16 bits per heavy atom. The van der Waals surface area contributed by atoms with Crippen LogP contribution in [0.4, 0.5) is 5.69 Å². The zero-order valence-corrected chi connectivity index (χ0v) is 14.4. The molecule has 1 atom stereocenters. The maximum Gasteiger partial charge on any atom is 0.228 e. The van der Waals surface area contributed by atoms with Crippen LogP contribution in [0.2, 0.25) is 0 Å². The number of likely N-dealkylation sites (tertiary alicyclic amines) is 1. The summed E-state index contributed by atoms with van der Waals surface area (Å²) in [5.41, 5.74) is 3.23. The molecule has 4 rings (SSSR count). The van der Waals surface area contributed by atoms with Crippen molar-refractivity contribution in [3.05, 3.63) is 41.7 Å². The highest BCUT2D eigenvalue weighted by molar-refractivity contribution is 6.00. The van der Waals surface area contributed by atoms with Crippen molar-refractivity contribution in [3.8, 4) is 0 Å². The van der Waals surface area contributed by atoms with E-state index in [0.717, 1.165) is 11.3 Å². The van der Waals surface area contributed by atoms with Gasteiger partial charge in [-0.3, -0.25) is 9.59 Å². The first-order chi connectivity index (χ1) is 12.0. The third kappa shape index (κ3) is 2.79. The van der Waals surface area contributed by atoms with Crippen molar-refractivity contribution in [3.63, 3.8) is 0 Å². The Bertz CT molecular complexity index is 811. The van der Waals surface area contributed by atoms with Gasteiger partial charge in [-0.05, 0) is 37.1 Å². The molecule has 0 unspecified atom stereocenters. The molecule has 25 heavy (non-hydrogen) atoms. The van der Waals surface area contributed by atoms with Crippen molar-refractivity contribution in [1.82, 2.24) is 19.9 Å². The molecular formula is C18H21N5O2. The molecule has 0 radical (unpaired) electrons. The molecule has 130 valence electrons. The van der Waals surface area contributed by atoms with Gasteiger partial charge >= 0.3 is 0 Å². The maximum atomic E-state index is 12.7. The van der Waals surface area contributed by atoms with Crippen LogP contribution in [0.15, 0.2) is 30.6 Å². The molecule has 0 bridgehead atoms. The van der Waals surface area contributed by atoms with Gasteiger partial charge < -0.3 is 9.80 Å². The predicted octanol–water partition coefficient (Wildman–Crippen LogP) is 1.33. The first kappa shape index (κ1) is 15.8. The molecule has 7 heteroatoms. The number of nitrogens with zero attached hydrogens (tertiary/aromatic N) is 5. The number of carbonyl (C=O) groups excluding carboxylic acids is 2. The van der Waals surface area contributed by atoms with E-state index >= 15 is 0 Å². The first-order valence-corrected chi connectivity index (χ1v) is 8.55. The number of carbonyl (C=O) groups is 2. The molecule has 2 aromatic rings. The number of anilines is 1.